The molecule has 1 heterocycles. The lowest BCUT2D eigenvalue weighted by Gasteiger charge is -2.28. The lowest BCUT2D eigenvalue weighted by atomic mass is 10.1. The lowest BCUT2D eigenvalue weighted by Crippen LogP contribution is -2.36. The monoisotopic (exact) mass is 278 g/mol. The highest BCUT2D eigenvalue weighted by Crippen LogP contribution is 2.23. The topological polar surface area (TPSA) is 36.4 Å². The standard InChI is InChI=1S/C15H22N2OS/c1-3-12(4-2)17(9-10-18)11-15-16-13-7-5-6-8-14(13)19-15/h5-8,12,18H,3-4,9-11H2,1-2H3. The molecule has 0 aliphatic heterocycles. The van der Waals surface area contributed by atoms with Crippen molar-refractivity contribution in [3.05, 3.63) is 29.3 Å². The molecule has 1 N–H and O–H groups in total. The van der Waals surface area contributed by atoms with Gasteiger partial charge in [0.05, 0.1) is 23.4 Å². The second-order valence-corrected chi connectivity index (χ2v) is 5.85. The van der Waals surface area contributed by atoms with Crippen molar-refractivity contribution in [1.29, 1.82) is 0 Å². The maximum atomic E-state index is 9.24. The lowest BCUT2D eigenvalue weighted by molar-refractivity contribution is 0.136. The molecule has 0 atom stereocenters. The minimum atomic E-state index is 0.210. The fraction of sp³-hybridized carbons (Fsp3) is 0.533. The minimum absolute atomic E-state index is 0.210. The van der Waals surface area contributed by atoms with Gasteiger partial charge in [-0.05, 0) is 25.0 Å². The molecule has 0 spiro atoms. The number of thiazole rings is 1. The first-order chi connectivity index (χ1) is 9.28. The number of fused-ring (bicyclic) bond motifs is 1. The molecule has 0 unspecified atom stereocenters. The average molecular weight is 278 g/mol. The van der Waals surface area contributed by atoms with Crippen molar-refractivity contribution in [3.8, 4) is 0 Å². The number of aliphatic hydroxyl groups excluding tert-OH is 1. The zero-order valence-corrected chi connectivity index (χ0v) is 12.5. The number of para-hydroxylation sites is 1. The third kappa shape index (κ3) is 3.53. The predicted octanol–water partition coefficient (Wildman–Crippen LogP) is 3.28. The molecule has 0 aliphatic carbocycles. The van der Waals surface area contributed by atoms with Gasteiger partial charge in [0, 0.05) is 12.6 Å². The van der Waals surface area contributed by atoms with Crippen LogP contribution in [-0.4, -0.2) is 34.2 Å². The Balaban J connectivity index is 2.15. The molecular weight excluding hydrogens is 256 g/mol. The molecule has 0 saturated heterocycles. The Bertz CT molecular complexity index is 475. The summed E-state index contributed by atoms with van der Waals surface area (Å²) >= 11 is 1.76. The van der Waals surface area contributed by atoms with Gasteiger partial charge in [0.25, 0.3) is 0 Å². The van der Waals surface area contributed by atoms with Gasteiger partial charge in [-0.2, -0.15) is 0 Å². The maximum absolute atomic E-state index is 9.24. The van der Waals surface area contributed by atoms with Crippen LogP contribution in [0.5, 0.6) is 0 Å². The van der Waals surface area contributed by atoms with Crippen molar-refractivity contribution in [2.24, 2.45) is 0 Å². The normalized spacial score (nSPS) is 11.8. The Morgan fingerprint density at radius 1 is 1.26 bits per heavy atom. The Hall–Kier alpha value is -0.970. The molecule has 0 radical (unpaired) electrons. The van der Waals surface area contributed by atoms with Crippen LogP contribution in [0.25, 0.3) is 10.2 Å². The van der Waals surface area contributed by atoms with Crippen molar-refractivity contribution in [2.75, 3.05) is 13.2 Å². The van der Waals surface area contributed by atoms with Crippen molar-refractivity contribution in [1.82, 2.24) is 9.88 Å². The fourth-order valence-electron chi connectivity index (χ4n) is 2.49. The Labute approximate surface area is 118 Å². The number of aliphatic hydroxyl groups is 1. The first-order valence-corrected chi connectivity index (χ1v) is 7.79. The number of benzene rings is 1. The highest BCUT2D eigenvalue weighted by atomic mass is 32.1. The smallest absolute Gasteiger partial charge is 0.108 e. The van der Waals surface area contributed by atoms with Crippen molar-refractivity contribution < 1.29 is 5.11 Å². The highest BCUT2D eigenvalue weighted by Gasteiger charge is 2.16. The summed E-state index contributed by atoms with van der Waals surface area (Å²) in [5.41, 5.74) is 1.08. The molecule has 2 rings (SSSR count). The first-order valence-electron chi connectivity index (χ1n) is 6.97. The second-order valence-electron chi connectivity index (χ2n) is 4.74. The molecule has 4 heteroatoms. The summed E-state index contributed by atoms with van der Waals surface area (Å²) in [5, 5.41) is 10.4. The van der Waals surface area contributed by atoms with E-state index in [-0.39, 0.29) is 6.61 Å². The van der Waals surface area contributed by atoms with Gasteiger partial charge >= 0.3 is 0 Å². The highest BCUT2D eigenvalue weighted by molar-refractivity contribution is 7.18. The molecule has 0 fully saturated rings. The molecular formula is C15H22N2OS. The molecule has 0 amide bonds. The van der Waals surface area contributed by atoms with E-state index in [1.807, 2.05) is 6.07 Å². The van der Waals surface area contributed by atoms with Gasteiger partial charge in [-0.15, -0.1) is 11.3 Å². The summed E-state index contributed by atoms with van der Waals surface area (Å²) in [5.74, 6) is 0. The zero-order chi connectivity index (χ0) is 13.7. The van der Waals surface area contributed by atoms with Crippen LogP contribution in [0.15, 0.2) is 24.3 Å². The molecule has 0 aliphatic rings. The third-order valence-corrected chi connectivity index (χ3v) is 4.54. The molecule has 19 heavy (non-hydrogen) atoms. The number of rotatable bonds is 7. The quantitative estimate of drug-likeness (QED) is 0.844. The van der Waals surface area contributed by atoms with E-state index in [9.17, 15) is 5.11 Å². The third-order valence-electron chi connectivity index (χ3n) is 3.52. The molecule has 0 saturated carbocycles. The number of hydrogen-bond acceptors (Lipinski definition) is 4. The Morgan fingerprint density at radius 3 is 2.63 bits per heavy atom. The van der Waals surface area contributed by atoms with E-state index in [0.29, 0.717) is 6.04 Å². The van der Waals surface area contributed by atoms with E-state index in [2.05, 4.69) is 41.9 Å². The SMILES string of the molecule is CCC(CC)N(CCO)Cc1nc2ccccc2s1. The van der Waals surface area contributed by atoms with Gasteiger partial charge in [-0.1, -0.05) is 26.0 Å². The first kappa shape index (κ1) is 14.4. The Morgan fingerprint density at radius 2 is 2.00 bits per heavy atom. The van der Waals surface area contributed by atoms with Gasteiger partial charge in [-0.25, -0.2) is 4.98 Å². The van der Waals surface area contributed by atoms with E-state index in [1.165, 1.54) is 4.70 Å². The van der Waals surface area contributed by atoms with Crippen LogP contribution in [0, 0.1) is 0 Å². The van der Waals surface area contributed by atoms with Gasteiger partial charge in [0.1, 0.15) is 5.01 Å². The zero-order valence-electron chi connectivity index (χ0n) is 11.7. The summed E-state index contributed by atoms with van der Waals surface area (Å²) in [4.78, 5) is 7.03. The minimum Gasteiger partial charge on any atom is -0.395 e. The van der Waals surface area contributed by atoms with Crippen molar-refractivity contribution in [2.45, 2.75) is 39.3 Å². The van der Waals surface area contributed by atoms with Crippen LogP contribution < -0.4 is 0 Å². The van der Waals surface area contributed by atoms with Gasteiger partial charge in [0.2, 0.25) is 0 Å². The van der Waals surface area contributed by atoms with Crippen LogP contribution in [-0.2, 0) is 6.54 Å². The van der Waals surface area contributed by atoms with Gasteiger partial charge < -0.3 is 5.11 Å². The molecule has 3 nitrogen and oxygen atoms in total. The van der Waals surface area contributed by atoms with Crippen molar-refractivity contribution in [3.63, 3.8) is 0 Å². The predicted molar refractivity (Wildman–Crippen MR) is 81.5 cm³/mol. The molecule has 2 aromatic rings. The number of aromatic nitrogens is 1. The summed E-state index contributed by atoms with van der Waals surface area (Å²) < 4.78 is 1.24. The van der Waals surface area contributed by atoms with E-state index < -0.39 is 0 Å². The van der Waals surface area contributed by atoms with Crippen LogP contribution in [0.1, 0.15) is 31.7 Å². The van der Waals surface area contributed by atoms with Crippen LogP contribution >= 0.6 is 11.3 Å². The second kappa shape index (κ2) is 6.98. The van der Waals surface area contributed by atoms with Crippen LogP contribution in [0.3, 0.4) is 0 Å². The maximum Gasteiger partial charge on any atom is 0.108 e. The molecule has 1 aromatic heterocycles. The van der Waals surface area contributed by atoms with Gasteiger partial charge in [-0.3, -0.25) is 4.90 Å². The fourth-order valence-corrected chi connectivity index (χ4v) is 3.48. The van der Waals surface area contributed by atoms with E-state index in [4.69, 9.17) is 0 Å². The number of nitrogens with zero attached hydrogens (tertiary/aromatic N) is 2. The average Bonchev–Trinajstić information content (AvgIpc) is 2.82. The summed E-state index contributed by atoms with van der Waals surface area (Å²) in [6.45, 7) is 6.18. The van der Waals surface area contributed by atoms with E-state index >= 15 is 0 Å². The number of hydrogen-bond donors (Lipinski definition) is 1. The van der Waals surface area contributed by atoms with Crippen LogP contribution in [0.4, 0.5) is 0 Å². The molecule has 104 valence electrons. The molecule has 0 bridgehead atoms. The van der Waals surface area contributed by atoms with Crippen molar-refractivity contribution >= 4 is 21.6 Å². The summed E-state index contributed by atoms with van der Waals surface area (Å²) in [6.07, 6.45) is 2.22. The largest absolute Gasteiger partial charge is 0.395 e. The van der Waals surface area contributed by atoms with Crippen LogP contribution in [0.2, 0.25) is 0 Å². The van der Waals surface area contributed by atoms with Gasteiger partial charge in [0.15, 0.2) is 0 Å². The summed E-state index contributed by atoms with van der Waals surface area (Å²) in [7, 11) is 0. The summed E-state index contributed by atoms with van der Waals surface area (Å²) in [6, 6.07) is 8.78. The molecule has 1 aromatic carbocycles. The van der Waals surface area contributed by atoms with E-state index in [0.717, 1.165) is 36.5 Å². The van der Waals surface area contributed by atoms with E-state index in [1.54, 1.807) is 11.3 Å². The Kier molecular flexibility index (Phi) is 5.31.